The zero-order chi connectivity index (χ0) is 27.8. The average Bonchev–Trinajstić information content (AvgIpc) is 2.92. The summed E-state index contributed by atoms with van der Waals surface area (Å²) in [6.07, 6.45) is 9.46. The number of carboxylic acids is 1. The monoisotopic (exact) mass is 535 g/mol. The maximum Gasteiger partial charge on any atom is 0.317 e. The van der Waals surface area contributed by atoms with E-state index in [1.165, 1.54) is 0 Å². The van der Waals surface area contributed by atoms with Crippen LogP contribution in [-0.2, 0) is 9.59 Å². The van der Waals surface area contributed by atoms with E-state index in [-0.39, 0.29) is 12.5 Å². The molecule has 0 saturated carbocycles. The van der Waals surface area contributed by atoms with Crippen LogP contribution in [-0.4, -0.2) is 93.6 Å². The summed E-state index contributed by atoms with van der Waals surface area (Å²) in [7, 11) is 0. The Balaban J connectivity index is 1.42. The molecule has 2 aromatic heterocycles. The number of hydrogen-bond donors (Lipinski definition) is 5. The lowest BCUT2D eigenvalue weighted by atomic mass is 9.94. The highest BCUT2D eigenvalue weighted by Gasteiger charge is 2.32. The maximum atomic E-state index is 12.2. The Morgan fingerprint density at radius 3 is 2.77 bits per heavy atom. The molecule has 1 aliphatic heterocycles. The third kappa shape index (κ3) is 7.82. The van der Waals surface area contributed by atoms with Gasteiger partial charge in [-0.1, -0.05) is 13.0 Å². The van der Waals surface area contributed by atoms with Gasteiger partial charge in [0.05, 0.1) is 12.2 Å². The summed E-state index contributed by atoms with van der Waals surface area (Å²) in [5.74, 6) is 0.164. The first-order valence-electron chi connectivity index (χ1n) is 13.2. The number of piperazine rings is 1. The molecule has 12 nitrogen and oxygen atoms in total. The molecule has 1 saturated heterocycles. The summed E-state index contributed by atoms with van der Waals surface area (Å²) in [4.78, 5) is 40.6. The summed E-state index contributed by atoms with van der Waals surface area (Å²) in [5.41, 5.74) is 14.9. The molecule has 3 heterocycles. The number of carbonyl (C=O) groups excluding carboxylic acids is 1. The Kier molecular flexibility index (Phi) is 9.58. The van der Waals surface area contributed by atoms with Crippen molar-refractivity contribution in [2.24, 2.45) is 17.4 Å². The number of carbonyl (C=O) groups is 2. The van der Waals surface area contributed by atoms with E-state index in [1.807, 2.05) is 23.1 Å². The molecule has 2 aliphatic rings. The number of aliphatic carboxylic acids is 1. The number of amides is 1. The minimum Gasteiger partial charge on any atom is -0.480 e. The van der Waals surface area contributed by atoms with Crippen LogP contribution in [0.1, 0.15) is 19.8 Å². The van der Waals surface area contributed by atoms with E-state index in [0.29, 0.717) is 38.7 Å². The minimum absolute atomic E-state index is 0.100. The molecular formula is C27H37N9O3. The summed E-state index contributed by atoms with van der Waals surface area (Å²) in [6, 6.07) is 5.20. The molecule has 1 fully saturated rings. The van der Waals surface area contributed by atoms with Gasteiger partial charge in [0.1, 0.15) is 11.9 Å². The van der Waals surface area contributed by atoms with Crippen LogP contribution in [0.2, 0.25) is 0 Å². The molecule has 4 rings (SSSR count). The van der Waals surface area contributed by atoms with Crippen molar-refractivity contribution in [1.29, 1.82) is 0 Å². The van der Waals surface area contributed by atoms with Gasteiger partial charge in [-0.15, -0.1) is 0 Å². The van der Waals surface area contributed by atoms with E-state index in [4.69, 9.17) is 21.6 Å². The number of nitrogens with one attached hydrogen (secondary N) is 2. The van der Waals surface area contributed by atoms with Crippen LogP contribution in [0.25, 0.3) is 11.3 Å². The molecule has 7 N–H and O–H groups in total. The fourth-order valence-corrected chi connectivity index (χ4v) is 4.71. The first-order valence-corrected chi connectivity index (χ1v) is 13.2. The van der Waals surface area contributed by atoms with Crippen molar-refractivity contribution < 1.29 is 14.7 Å². The Bertz CT molecular complexity index is 1220. The van der Waals surface area contributed by atoms with Gasteiger partial charge < -0.3 is 27.2 Å². The number of hydrogen-bond acceptors (Lipinski definition) is 10. The molecule has 2 unspecified atom stereocenters. The molecule has 0 aromatic carbocycles. The number of pyridine rings is 1. The fourth-order valence-electron chi connectivity index (χ4n) is 4.71. The third-order valence-corrected chi connectivity index (χ3v) is 6.91. The zero-order valence-corrected chi connectivity index (χ0v) is 22.2. The molecule has 12 heteroatoms. The van der Waals surface area contributed by atoms with Crippen LogP contribution < -0.4 is 22.1 Å². The number of nitrogens with two attached hydrogens (primary N) is 2. The molecule has 2 aromatic rings. The lowest BCUT2D eigenvalue weighted by Gasteiger charge is -2.39. The number of primary amides is 1. The van der Waals surface area contributed by atoms with Gasteiger partial charge in [-0.3, -0.25) is 19.4 Å². The predicted octanol–water partition coefficient (Wildman–Crippen LogP) is 1.12. The second-order valence-corrected chi connectivity index (χ2v) is 9.92. The van der Waals surface area contributed by atoms with E-state index in [9.17, 15) is 9.59 Å². The SMILES string of the molecule is CC1CC=C(CN2CCN(CC(=O)O)CC2C(N)=O)C=C1Nc1nccc(-c2ccc(NCCCN)nc2)n1. The van der Waals surface area contributed by atoms with Crippen molar-refractivity contribution in [3.05, 3.63) is 54.0 Å². The lowest BCUT2D eigenvalue weighted by Crippen LogP contribution is -2.59. The number of rotatable bonds is 12. The normalized spacial score (nSPS) is 20.2. The van der Waals surface area contributed by atoms with Crippen LogP contribution in [0.4, 0.5) is 11.8 Å². The zero-order valence-electron chi connectivity index (χ0n) is 22.2. The van der Waals surface area contributed by atoms with Gasteiger partial charge in [-0.05, 0) is 55.2 Å². The molecular weight excluding hydrogens is 498 g/mol. The first-order chi connectivity index (χ1) is 18.8. The van der Waals surface area contributed by atoms with Gasteiger partial charge in [0, 0.05) is 56.4 Å². The van der Waals surface area contributed by atoms with E-state index in [2.05, 4.69) is 39.7 Å². The van der Waals surface area contributed by atoms with E-state index in [1.54, 1.807) is 17.3 Å². The highest BCUT2D eigenvalue weighted by Crippen LogP contribution is 2.26. The average molecular weight is 536 g/mol. The van der Waals surface area contributed by atoms with Gasteiger partial charge in [-0.25, -0.2) is 15.0 Å². The lowest BCUT2D eigenvalue weighted by molar-refractivity contribution is -0.140. The second-order valence-electron chi connectivity index (χ2n) is 9.92. The molecule has 0 radical (unpaired) electrons. The van der Waals surface area contributed by atoms with Crippen molar-refractivity contribution in [3.8, 4) is 11.3 Å². The summed E-state index contributed by atoms with van der Waals surface area (Å²) in [5, 5.41) is 15.7. The Hall–Kier alpha value is -3.87. The smallest absolute Gasteiger partial charge is 0.317 e. The van der Waals surface area contributed by atoms with Crippen molar-refractivity contribution in [1.82, 2.24) is 24.8 Å². The maximum absolute atomic E-state index is 12.2. The fraction of sp³-hybridized carbons (Fsp3) is 0.444. The van der Waals surface area contributed by atoms with Crippen molar-refractivity contribution in [2.45, 2.75) is 25.8 Å². The summed E-state index contributed by atoms with van der Waals surface area (Å²) < 4.78 is 0. The van der Waals surface area contributed by atoms with Crippen LogP contribution in [0.3, 0.4) is 0 Å². The van der Waals surface area contributed by atoms with Crippen LogP contribution in [0.15, 0.2) is 54.0 Å². The number of nitrogens with zero attached hydrogens (tertiary/aromatic N) is 5. The van der Waals surface area contributed by atoms with Gasteiger partial charge in [0.25, 0.3) is 0 Å². The van der Waals surface area contributed by atoms with E-state index < -0.39 is 17.9 Å². The highest BCUT2D eigenvalue weighted by molar-refractivity contribution is 5.80. The van der Waals surface area contributed by atoms with Gasteiger partial charge in [0.15, 0.2) is 0 Å². The van der Waals surface area contributed by atoms with Crippen molar-refractivity contribution in [3.63, 3.8) is 0 Å². The Morgan fingerprint density at radius 2 is 2.05 bits per heavy atom. The molecule has 39 heavy (non-hydrogen) atoms. The largest absolute Gasteiger partial charge is 0.480 e. The third-order valence-electron chi connectivity index (χ3n) is 6.91. The Labute approximate surface area is 228 Å². The summed E-state index contributed by atoms with van der Waals surface area (Å²) in [6.45, 7) is 5.42. The standard InChI is InChI=1S/C27H37N9O3/c1-18-3-4-19(15-36-12-11-35(17-25(37)38)16-23(36)26(29)39)13-22(18)34-27-31-10-7-21(33-27)20-5-6-24(32-14-20)30-9-2-8-28/h4-7,10,13-14,18,23H,2-3,8-9,11-12,15-17,28H2,1H3,(H2,29,39)(H,30,32)(H,37,38)(H,31,33,34). The van der Waals surface area contributed by atoms with Gasteiger partial charge >= 0.3 is 5.97 Å². The first kappa shape index (κ1) is 28.1. The number of anilines is 2. The van der Waals surface area contributed by atoms with Gasteiger partial charge in [0.2, 0.25) is 11.9 Å². The van der Waals surface area contributed by atoms with Crippen LogP contribution in [0.5, 0.6) is 0 Å². The number of aromatic nitrogens is 3. The predicted molar refractivity (Wildman–Crippen MR) is 150 cm³/mol. The minimum atomic E-state index is -0.913. The van der Waals surface area contributed by atoms with Crippen LogP contribution in [0, 0.1) is 5.92 Å². The highest BCUT2D eigenvalue weighted by atomic mass is 16.4. The van der Waals surface area contributed by atoms with E-state index >= 15 is 0 Å². The Morgan fingerprint density at radius 1 is 1.21 bits per heavy atom. The molecule has 1 aliphatic carbocycles. The van der Waals surface area contributed by atoms with Gasteiger partial charge in [-0.2, -0.15) is 0 Å². The molecule has 1 amide bonds. The van der Waals surface area contributed by atoms with Crippen LogP contribution >= 0.6 is 0 Å². The quantitative estimate of drug-likeness (QED) is 0.246. The number of allylic oxidation sites excluding steroid dienone is 2. The summed E-state index contributed by atoms with van der Waals surface area (Å²) >= 11 is 0. The second kappa shape index (κ2) is 13.3. The van der Waals surface area contributed by atoms with Crippen molar-refractivity contribution in [2.75, 3.05) is 56.4 Å². The van der Waals surface area contributed by atoms with Crippen molar-refractivity contribution >= 4 is 23.6 Å². The molecule has 208 valence electrons. The van der Waals surface area contributed by atoms with E-state index in [0.717, 1.165) is 47.7 Å². The number of carboxylic acid groups (broad SMARTS) is 1. The topological polar surface area (TPSA) is 176 Å². The molecule has 0 bridgehead atoms. The molecule has 0 spiro atoms. The molecule has 2 atom stereocenters.